The van der Waals surface area contributed by atoms with Crippen LogP contribution in [0.3, 0.4) is 0 Å². The highest BCUT2D eigenvalue weighted by atomic mass is 16.1. The Labute approximate surface area is 66.5 Å². The molecule has 0 radical (unpaired) electrons. The Bertz CT molecular complexity index is 477. The fourth-order valence-electron chi connectivity index (χ4n) is 0.852. The zero-order chi connectivity index (χ0) is 8.55. The summed E-state index contributed by atoms with van der Waals surface area (Å²) >= 11 is 0. The van der Waals surface area contributed by atoms with E-state index in [1.165, 1.54) is 12.5 Å². The lowest BCUT2D eigenvalue weighted by atomic mass is 10.5. The quantitative estimate of drug-likeness (QED) is 0.535. The Morgan fingerprint density at radius 2 is 2.33 bits per heavy atom. The molecule has 0 aliphatic heterocycles. The van der Waals surface area contributed by atoms with E-state index in [1.807, 2.05) is 0 Å². The SMILES string of the molecule is Nc1nc2ncncc2[nH]c1=O. The second-order valence-corrected chi connectivity index (χ2v) is 2.21. The fraction of sp³-hybridized carbons (Fsp3) is 0. The first-order chi connectivity index (χ1) is 5.77. The second kappa shape index (κ2) is 2.26. The van der Waals surface area contributed by atoms with Gasteiger partial charge >= 0.3 is 0 Å². The number of rotatable bonds is 0. The molecule has 6 nitrogen and oxygen atoms in total. The van der Waals surface area contributed by atoms with Crippen molar-refractivity contribution in [3.05, 3.63) is 22.9 Å². The van der Waals surface area contributed by atoms with Crippen LogP contribution in [0.1, 0.15) is 0 Å². The van der Waals surface area contributed by atoms with Crippen molar-refractivity contribution >= 4 is 17.0 Å². The van der Waals surface area contributed by atoms with E-state index in [4.69, 9.17) is 5.73 Å². The molecule has 0 unspecified atom stereocenters. The van der Waals surface area contributed by atoms with E-state index in [-0.39, 0.29) is 5.82 Å². The van der Waals surface area contributed by atoms with Crippen LogP contribution < -0.4 is 11.3 Å². The lowest BCUT2D eigenvalue weighted by Gasteiger charge is -1.94. The average molecular weight is 163 g/mol. The van der Waals surface area contributed by atoms with Gasteiger partial charge in [0.05, 0.1) is 6.20 Å². The van der Waals surface area contributed by atoms with Gasteiger partial charge in [-0.25, -0.2) is 15.0 Å². The molecule has 0 aliphatic rings. The minimum Gasteiger partial charge on any atom is -0.379 e. The van der Waals surface area contributed by atoms with Crippen molar-refractivity contribution < 1.29 is 0 Å². The molecular weight excluding hydrogens is 158 g/mol. The van der Waals surface area contributed by atoms with Crippen molar-refractivity contribution in [3.63, 3.8) is 0 Å². The minimum atomic E-state index is -0.419. The average Bonchev–Trinajstić information content (AvgIpc) is 2.07. The van der Waals surface area contributed by atoms with Crippen molar-refractivity contribution in [2.45, 2.75) is 0 Å². The van der Waals surface area contributed by atoms with Crippen LogP contribution in [0.25, 0.3) is 11.2 Å². The number of anilines is 1. The van der Waals surface area contributed by atoms with E-state index < -0.39 is 5.56 Å². The molecule has 2 aromatic heterocycles. The van der Waals surface area contributed by atoms with Crippen LogP contribution in [0.4, 0.5) is 5.82 Å². The van der Waals surface area contributed by atoms with Gasteiger partial charge in [0.2, 0.25) is 0 Å². The van der Waals surface area contributed by atoms with Gasteiger partial charge in [-0.2, -0.15) is 0 Å². The highest BCUT2D eigenvalue weighted by molar-refractivity contribution is 5.68. The monoisotopic (exact) mass is 163 g/mol. The Morgan fingerprint density at radius 1 is 1.50 bits per heavy atom. The summed E-state index contributed by atoms with van der Waals surface area (Å²) in [4.78, 5) is 24.7. The van der Waals surface area contributed by atoms with Crippen molar-refractivity contribution in [3.8, 4) is 0 Å². The summed E-state index contributed by atoms with van der Waals surface area (Å²) in [6.45, 7) is 0. The molecule has 0 spiro atoms. The Morgan fingerprint density at radius 3 is 3.17 bits per heavy atom. The topological polar surface area (TPSA) is 97.5 Å². The van der Waals surface area contributed by atoms with Crippen LogP contribution >= 0.6 is 0 Å². The molecule has 2 aromatic rings. The fourth-order valence-corrected chi connectivity index (χ4v) is 0.852. The third-order valence-electron chi connectivity index (χ3n) is 1.40. The summed E-state index contributed by atoms with van der Waals surface area (Å²) in [6, 6.07) is 0. The van der Waals surface area contributed by atoms with Gasteiger partial charge in [0.1, 0.15) is 11.8 Å². The first kappa shape index (κ1) is 6.71. The van der Waals surface area contributed by atoms with Gasteiger partial charge in [0.25, 0.3) is 5.56 Å². The number of nitrogens with zero attached hydrogens (tertiary/aromatic N) is 3. The molecule has 0 saturated carbocycles. The molecule has 6 heteroatoms. The molecule has 60 valence electrons. The van der Waals surface area contributed by atoms with Crippen LogP contribution in [0.2, 0.25) is 0 Å². The first-order valence-electron chi connectivity index (χ1n) is 3.23. The van der Waals surface area contributed by atoms with E-state index >= 15 is 0 Å². The standard InChI is InChI=1S/C6H5N5O/c7-4-6(12)10-3-1-8-2-9-5(3)11-4/h1-2H,(H,10,12)(H2,7,8,9,11). The summed E-state index contributed by atoms with van der Waals surface area (Å²) in [5.74, 6) is -0.0822. The third kappa shape index (κ3) is 0.895. The molecule has 12 heavy (non-hydrogen) atoms. The summed E-state index contributed by atoms with van der Waals surface area (Å²) < 4.78 is 0. The van der Waals surface area contributed by atoms with Gasteiger partial charge in [0.15, 0.2) is 11.5 Å². The number of aromatic amines is 1. The third-order valence-corrected chi connectivity index (χ3v) is 1.40. The molecule has 0 atom stereocenters. The lowest BCUT2D eigenvalue weighted by molar-refractivity contribution is 1.13. The molecule has 2 rings (SSSR count). The summed E-state index contributed by atoms with van der Waals surface area (Å²) in [5.41, 5.74) is 5.73. The normalized spacial score (nSPS) is 10.3. The van der Waals surface area contributed by atoms with Crippen LogP contribution in [0.5, 0.6) is 0 Å². The Kier molecular flexibility index (Phi) is 1.26. The predicted octanol–water partition coefficient (Wildman–Crippen LogP) is -0.705. The maximum atomic E-state index is 10.9. The number of nitrogen functional groups attached to an aromatic ring is 1. The van der Waals surface area contributed by atoms with Gasteiger partial charge in [-0.1, -0.05) is 0 Å². The van der Waals surface area contributed by atoms with E-state index in [1.54, 1.807) is 0 Å². The van der Waals surface area contributed by atoms with Gasteiger partial charge in [-0.3, -0.25) is 4.79 Å². The molecule has 2 heterocycles. The van der Waals surface area contributed by atoms with Crippen molar-refractivity contribution in [2.24, 2.45) is 0 Å². The number of nitrogens with two attached hydrogens (primary N) is 1. The smallest absolute Gasteiger partial charge is 0.291 e. The zero-order valence-corrected chi connectivity index (χ0v) is 5.98. The molecule has 0 aliphatic carbocycles. The molecule has 0 bridgehead atoms. The van der Waals surface area contributed by atoms with Gasteiger partial charge in [-0.05, 0) is 0 Å². The number of fused-ring (bicyclic) bond motifs is 1. The van der Waals surface area contributed by atoms with E-state index in [2.05, 4.69) is 19.9 Å². The highest BCUT2D eigenvalue weighted by Gasteiger charge is 1.99. The Hall–Kier alpha value is -1.98. The molecule has 0 fully saturated rings. The van der Waals surface area contributed by atoms with Crippen LogP contribution in [0.15, 0.2) is 17.3 Å². The van der Waals surface area contributed by atoms with Crippen LogP contribution in [0, 0.1) is 0 Å². The number of hydrogen-bond acceptors (Lipinski definition) is 5. The summed E-state index contributed by atoms with van der Waals surface area (Å²) in [5, 5.41) is 0. The maximum Gasteiger partial charge on any atom is 0.291 e. The number of hydrogen-bond donors (Lipinski definition) is 2. The Balaban J connectivity index is 2.93. The van der Waals surface area contributed by atoms with Gasteiger partial charge in [0, 0.05) is 0 Å². The molecular formula is C6H5N5O. The predicted molar refractivity (Wildman–Crippen MR) is 42.4 cm³/mol. The lowest BCUT2D eigenvalue weighted by Crippen LogP contribution is -2.14. The summed E-state index contributed by atoms with van der Waals surface area (Å²) in [7, 11) is 0. The van der Waals surface area contributed by atoms with Crippen LogP contribution in [-0.2, 0) is 0 Å². The molecule has 0 aromatic carbocycles. The van der Waals surface area contributed by atoms with E-state index in [9.17, 15) is 4.79 Å². The number of nitrogens with one attached hydrogen (secondary N) is 1. The zero-order valence-electron chi connectivity index (χ0n) is 5.98. The molecule has 0 saturated heterocycles. The first-order valence-corrected chi connectivity index (χ1v) is 3.23. The highest BCUT2D eigenvalue weighted by Crippen LogP contribution is 1.99. The molecule has 0 amide bonds. The van der Waals surface area contributed by atoms with Crippen molar-refractivity contribution in [2.75, 3.05) is 5.73 Å². The minimum absolute atomic E-state index is 0.0822. The number of aromatic nitrogens is 4. The summed E-state index contributed by atoms with van der Waals surface area (Å²) in [6.07, 6.45) is 2.81. The van der Waals surface area contributed by atoms with Crippen molar-refractivity contribution in [1.29, 1.82) is 0 Å². The van der Waals surface area contributed by atoms with Gasteiger partial charge in [-0.15, -0.1) is 0 Å². The van der Waals surface area contributed by atoms with E-state index in [0.717, 1.165) is 0 Å². The van der Waals surface area contributed by atoms with E-state index in [0.29, 0.717) is 11.2 Å². The van der Waals surface area contributed by atoms with Crippen LogP contribution in [-0.4, -0.2) is 19.9 Å². The second-order valence-electron chi connectivity index (χ2n) is 2.21. The number of H-pyrrole nitrogens is 1. The largest absolute Gasteiger partial charge is 0.379 e. The maximum absolute atomic E-state index is 10.9. The van der Waals surface area contributed by atoms with Crippen molar-refractivity contribution in [1.82, 2.24) is 19.9 Å². The van der Waals surface area contributed by atoms with Gasteiger partial charge < -0.3 is 10.7 Å². The molecule has 3 N–H and O–H groups in total.